The summed E-state index contributed by atoms with van der Waals surface area (Å²) in [5, 5.41) is 15.5. The van der Waals surface area contributed by atoms with Gasteiger partial charge in [-0.3, -0.25) is 23.5 Å². The first-order valence-corrected chi connectivity index (χ1v) is 36.5. The molecule has 4 heterocycles. The van der Waals surface area contributed by atoms with E-state index >= 15 is 0 Å². The summed E-state index contributed by atoms with van der Waals surface area (Å²) < 4.78 is 109. The van der Waals surface area contributed by atoms with E-state index in [9.17, 15) is 45.4 Å². The summed E-state index contributed by atoms with van der Waals surface area (Å²) in [6.07, 6.45) is 6.59. The Hall–Kier alpha value is -6.49. The van der Waals surface area contributed by atoms with Crippen molar-refractivity contribution in [2.75, 3.05) is 98.0 Å². The Bertz CT molecular complexity index is 3720. The van der Waals surface area contributed by atoms with E-state index in [-0.39, 0.29) is 105 Å². The van der Waals surface area contributed by atoms with Gasteiger partial charge in [0.05, 0.1) is 75.8 Å². The van der Waals surface area contributed by atoms with Gasteiger partial charge in [-0.25, -0.2) is 0 Å². The van der Waals surface area contributed by atoms with E-state index in [4.69, 9.17) is 28.4 Å². The summed E-state index contributed by atoms with van der Waals surface area (Å²) in [5.74, 6) is 0.109. The molecule has 5 aromatic rings. The predicted molar refractivity (Wildman–Crippen MR) is 358 cm³/mol. The van der Waals surface area contributed by atoms with Crippen LogP contribution in [-0.4, -0.2) is 154 Å². The van der Waals surface area contributed by atoms with E-state index in [2.05, 4.69) is 26.9 Å². The van der Waals surface area contributed by atoms with Crippen molar-refractivity contribution in [2.24, 2.45) is 5.92 Å². The Morgan fingerprint density at radius 1 is 0.728 bits per heavy atom. The lowest BCUT2D eigenvalue weighted by molar-refractivity contribution is -0.123. The number of ether oxygens (including phenoxy) is 6. The number of aliphatic hydroxyl groups is 1. The number of benzene rings is 5. The van der Waals surface area contributed by atoms with Crippen molar-refractivity contribution in [1.82, 2.24) is 5.32 Å². The van der Waals surface area contributed by atoms with Crippen molar-refractivity contribution in [3.05, 3.63) is 124 Å². The molecule has 3 unspecified atom stereocenters. The van der Waals surface area contributed by atoms with E-state index in [1.54, 1.807) is 30.3 Å². The first kappa shape index (κ1) is 68.4. The highest BCUT2D eigenvalue weighted by Gasteiger charge is 2.48. The molecule has 6 N–H and O–H groups in total. The Kier molecular flexibility index (Phi) is 21.9. The maximum absolute atomic E-state index is 14.5. The van der Waals surface area contributed by atoms with E-state index in [0.29, 0.717) is 59.2 Å². The van der Waals surface area contributed by atoms with Gasteiger partial charge in [0.2, 0.25) is 5.91 Å². The minimum atomic E-state index is -4.79. The molecule has 4 aliphatic heterocycles. The number of para-hydroxylation sites is 2. The quantitative estimate of drug-likeness (QED) is 0.0148. The van der Waals surface area contributed by atoms with E-state index in [1.165, 1.54) is 52.8 Å². The lowest BCUT2D eigenvalue weighted by Gasteiger charge is -2.38. The number of carbonyl (C=O) groups is 3. The van der Waals surface area contributed by atoms with Gasteiger partial charge in [-0.15, -0.1) is 0 Å². The van der Waals surface area contributed by atoms with Crippen molar-refractivity contribution in [3.63, 3.8) is 0 Å². The van der Waals surface area contributed by atoms with Crippen LogP contribution in [0.2, 0.25) is 0 Å². The van der Waals surface area contributed by atoms with E-state index in [1.807, 2.05) is 75.1 Å². The van der Waals surface area contributed by atoms with Crippen LogP contribution in [0.1, 0.15) is 116 Å². The predicted octanol–water partition coefficient (Wildman–Crippen LogP) is 9.57. The smallest absolute Gasteiger partial charge is 0.288 e. The van der Waals surface area contributed by atoms with Crippen molar-refractivity contribution in [2.45, 2.75) is 132 Å². The lowest BCUT2D eigenvalue weighted by atomic mass is 9.76. The monoisotopic (exact) mass is 1340 g/mol. The minimum Gasteiger partial charge on any atom is -0.493 e. The molecule has 498 valence electrons. The second-order valence-electron chi connectivity index (χ2n) is 25.1. The van der Waals surface area contributed by atoms with Crippen LogP contribution in [-0.2, 0) is 60.6 Å². The fraction of sp³-hybridized carbons (Fsp3) is 0.500. The normalized spacial score (nSPS) is 18.5. The molecule has 4 atom stereocenters. The molecule has 10 rings (SSSR count). The molecule has 22 nitrogen and oxygen atoms in total. The number of nitrogens with zero attached hydrogens (tertiary/aromatic N) is 3. The lowest BCUT2D eigenvalue weighted by Crippen LogP contribution is -2.54. The molecule has 92 heavy (non-hydrogen) atoms. The molecule has 0 spiro atoms. The minimum absolute atomic E-state index is 0.00159. The maximum atomic E-state index is 14.5. The second kappa shape index (κ2) is 29.4. The van der Waals surface area contributed by atoms with Crippen LogP contribution in [0.15, 0.2) is 91.0 Å². The van der Waals surface area contributed by atoms with Crippen LogP contribution in [0.5, 0.6) is 23.0 Å². The number of methoxy groups -OCH3 is 2. The van der Waals surface area contributed by atoms with Crippen LogP contribution in [0.3, 0.4) is 0 Å². The summed E-state index contributed by atoms with van der Waals surface area (Å²) >= 11 is 0. The average Bonchev–Trinajstić information content (AvgIpc) is 1.59. The molecule has 5 aliphatic rings. The number of nitrogens with one attached hydrogen (secondary N) is 3. The third-order valence-corrected chi connectivity index (χ3v) is 23.2. The first-order valence-electron chi connectivity index (χ1n) is 31.2. The number of hydrogen-bond donors (Lipinski definition) is 6. The topological polar surface area (TPSA) is 281 Å². The Morgan fingerprint density at radius 3 is 1.93 bits per heavy atom. The molecule has 1 aliphatic carbocycles. The Morgan fingerprint density at radius 2 is 1.32 bits per heavy atom. The molecule has 0 radical (unpaired) electrons. The zero-order valence-electron chi connectivity index (χ0n) is 52.8. The van der Waals surface area contributed by atoms with Crippen LogP contribution in [0, 0.1) is 5.92 Å². The molecular formula is C66H84N6O16S4. The van der Waals surface area contributed by atoms with Crippen molar-refractivity contribution >= 4 is 88.0 Å². The Labute approximate surface area is 547 Å². The number of aliphatic hydroxyl groups excluding tert-OH is 1. The van der Waals surface area contributed by atoms with E-state index < -0.39 is 59.0 Å². The van der Waals surface area contributed by atoms with Crippen LogP contribution < -0.4 is 49.6 Å². The van der Waals surface area contributed by atoms with Gasteiger partial charge in [0.1, 0.15) is 13.2 Å². The molecule has 0 bridgehead atoms. The molecule has 0 saturated heterocycles. The summed E-state index contributed by atoms with van der Waals surface area (Å²) in [6.45, 7) is 9.98. The average molecular weight is 1350 g/mol. The first-order chi connectivity index (χ1) is 44.0. The number of carbonyl (C=O) groups excluding carboxylic acids is 3. The van der Waals surface area contributed by atoms with Gasteiger partial charge in [-0.05, 0) is 137 Å². The van der Waals surface area contributed by atoms with Gasteiger partial charge >= 0.3 is 0 Å². The zero-order chi connectivity index (χ0) is 65.5. The van der Waals surface area contributed by atoms with Crippen molar-refractivity contribution < 1.29 is 73.9 Å². The number of hydrogen-bond acceptors (Lipinski definition) is 19. The highest BCUT2D eigenvalue weighted by atomic mass is 33.1. The second-order valence-corrected chi connectivity index (χ2v) is 31.3. The van der Waals surface area contributed by atoms with Gasteiger partial charge in [0.15, 0.2) is 33.6 Å². The number of rotatable bonds is 29. The molecule has 0 aromatic heterocycles. The number of fused-ring (bicyclic) bond motifs is 8. The van der Waals surface area contributed by atoms with Crippen molar-refractivity contribution in [3.8, 4) is 23.0 Å². The van der Waals surface area contributed by atoms with Crippen molar-refractivity contribution in [1.29, 1.82) is 0 Å². The standard InChI is InChI=1S/C66H84N6O16S4/c1-65(2,90-89-29-21-60(91(77,78)79)61(74)69-66(3,4)46-16-8-7-9-17-46)41-70(23-25-85-27-28-86-26-24-73)48-31-42(39-87-58-37-51-49(35-56(58)83-5)63(75)71-47(20-22-67-51)33-44-14-10-12-18-53(44)71)30-43(32-48)40-88-59-38-52-50(36-57(59)84-6)64(76)72-54-19-13-11-15-45(54)34-55(72)62(68-52)92(80,81)82/h10-15,18-19,30-32,35-38,46-47,55,60,62,67-68,73H,7-9,16-17,20-29,33-34,39-41H2,1-6H3,(H,69,74)(H,77,78,79)(H,80,81,82)/t47?,55-,60?,62?/m0/s1. The van der Waals surface area contributed by atoms with Gasteiger partial charge in [0.25, 0.3) is 32.1 Å². The summed E-state index contributed by atoms with van der Waals surface area (Å²) in [7, 11) is -3.69. The third-order valence-electron chi connectivity index (χ3n) is 17.7. The Balaban J connectivity index is 0.944. The SMILES string of the molecule is COc1cc2c(cc1OCc1cc(COc3cc4c(cc3OC)C(=O)N3c5ccccc5C[C@H]3C(S(=O)(=O)O)N4)cc(N(CCOCCOCCO)CC(C)(C)SSCCC(C(=O)NC(C)(C)C3CCCCC3)S(=O)(=O)O)c1)NCCC1Cc3ccccc3N1C2=O. The van der Waals surface area contributed by atoms with Crippen LogP contribution >= 0.6 is 21.6 Å². The largest absolute Gasteiger partial charge is 0.493 e. The van der Waals surface area contributed by atoms with Crippen LogP contribution in [0.4, 0.5) is 28.4 Å². The molecule has 1 fully saturated rings. The van der Waals surface area contributed by atoms with Gasteiger partial charge < -0.3 is 64.2 Å². The number of anilines is 5. The maximum Gasteiger partial charge on any atom is 0.288 e. The molecular weight excluding hydrogens is 1260 g/mol. The third kappa shape index (κ3) is 16.0. The number of amides is 3. The highest BCUT2D eigenvalue weighted by molar-refractivity contribution is 8.77. The fourth-order valence-electron chi connectivity index (χ4n) is 13.2. The molecule has 5 aromatic carbocycles. The highest BCUT2D eigenvalue weighted by Crippen LogP contribution is 2.45. The van der Waals surface area contributed by atoms with E-state index in [0.717, 1.165) is 67.4 Å². The molecule has 3 amide bonds. The van der Waals surface area contributed by atoms with Gasteiger partial charge in [0, 0.05) is 70.9 Å². The zero-order valence-corrected chi connectivity index (χ0v) is 56.1. The molecule has 1 saturated carbocycles. The summed E-state index contributed by atoms with van der Waals surface area (Å²) in [5.41, 5.74) is 5.96. The van der Waals surface area contributed by atoms with Crippen LogP contribution in [0.25, 0.3) is 0 Å². The molecule has 26 heteroatoms. The fourth-order valence-corrected chi connectivity index (χ4v) is 17.6. The summed E-state index contributed by atoms with van der Waals surface area (Å²) in [6, 6.07) is 26.4. The van der Waals surface area contributed by atoms with Gasteiger partial charge in [-0.2, -0.15) is 16.8 Å². The summed E-state index contributed by atoms with van der Waals surface area (Å²) in [4.78, 5) is 48.2. The van der Waals surface area contributed by atoms with Gasteiger partial charge in [-0.1, -0.05) is 77.2 Å².